The summed E-state index contributed by atoms with van der Waals surface area (Å²) in [5.41, 5.74) is 5.09. The van der Waals surface area contributed by atoms with Crippen LogP contribution in [0.3, 0.4) is 0 Å². The van der Waals surface area contributed by atoms with Crippen molar-refractivity contribution in [3.63, 3.8) is 0 Å². The number of hydrazone groups is 1. The van der Waals surface area contributed by atoms with Gasteiger partial charge in [-0.2, -0.15) is 5.10 Å². The van der Waals surface area contributed by atoms with Crippen LogP contribution in [0.25, 0.3) is 0 Å². The maximum atomic E-state index is 12.9. The van der Waals surface area contributed by atoms with Crippen molar-refractivity contribution in [1.29, 1.82) is 0 Å². The average Bonchev–Trinajstić information content (AvgIpc) is 3.18. The third-order valence-electron chi connectivity index (χ3n) is 3.53. The highest BCUT2D eigenvalue weighted by Crippen LogP contribution is 2.30. The van der Waals surface area contributed by atoms with Gasteiger partial charge < -0.3 is 0 Å². The summed E-state index contributed by atoms with van der Waals surface area (Å²) in [6.07, 6.45) is 0. The van der Waals surface area contributed by atoms with Crippen LogP contribution < -0.4 is 5.43 Å². The lowest BCUT2D eigenvalue weighted by Gasteiger charge is -2.02. The fourth-order valence-corrected chi connectivity index (χ4v) is 4.86. The highest BCUT2D eigenvalue weighted by molar-refractivity contribution is 8.03. The smallest absolute Gasteiger partial charge is 0.250 e. The van der Waals surface area contributed by atoms with Crippen LogP contribution in [0, 0.1) is 5.82 Å². The Morgan fingerprint density at radius 1 is 1.07 bits per heavy atom. The van der Waals surface area contributed by atoms with Crippen LogP contribution in [0.1, 0.15) is 18.1 Å². The van der Waals surface area contributed by atoms with Crippen molar-refractivity contribution >= 4 is 46.5 Å². The third kappa shape index (κ3) is 6.43. The lowest BCUT2D eigenvalue weighted by Crippen LogP contribution is -2.21. The van der Waals surface area contributed by atoms with Gasteiger partial charge in [-0.05, 0) is 30.2 Å². The molecule has 28 heavy (non-hydrogen) atoms. The lowest BCUT2D eigenvalue weighted by atomic mass is 10.1. The van der Waals surface area contributed by atoms with E-state index in [0.29, 0.717) is 5.71 Å². The minimum absolute atomic E-state index is 0.193. The number of nitrogens with one attached hydrogen (secondary N) is 1. The van der Waals surface area contributed by atoms with E-state index >= 15 is 0 Å². The second-order valence-electron chi connectivity index (χ2n) is 5.64. The number of hydrogen-bond donors (Lipinski definition) is 1. The predicted molar refractivity (Wildman–Crippen MR) is 113 cm³/mol. The Bertz CT molecular complexity index is 945. The molecule has 1 amide bonds. The molecular formula is C19H17FN4OS3. The molecule has 0 spiro atoms. The summed E-state index contributed by atoms with van der Waals surface area (Å²) in [6, 6.07) is 16.1. The molecule has 9 heteroatoms. The molecule has 5 nitrogen and oxygen atoms in total. The number of carbonyl (C=O) groups is 1. The molecule has 0 bridgehead atoms. The molecule has 0 unspecified atom stereocenters. The molecule has 0 aliphatic heterocycles. The molecular weight excluding hydrogens is 415 g/mol. The van der Waals surface area contributed by atoms with Gasteiger partial charge in [0.1, 0.15) is 5.82 Å². The molecule has 0 fully saturated rings. The Balaban J connectivity index is 1.44. The summed E-state index contributed by atoms with van der Waals surface area (Å²) >= 11 is 4.41. The Morgan fingerprint density at radius 2 is 1.75 bits per heavy atom. The van der Waals surface area contributed by atoms with E-state index in [1.165, 1.54) is 40.8 Å². The summed E-state index contributed by atoms with van der Waals surface area (Å²) in [5.74, 6) is 0.478. The predicted octanol–water partition coefficient (Wildman–Crippen LogP) is 4.60. The first-order valence-electron chi connectivity index (χ1n) is 8.32. The first-order chi connectivity index (χ1) is 13.6. The van der Waals surface area contributed by atoms with Gasteiger partial charge >= 0.3 is 0 Å². The number of rotatable bonds is 8. The Labute approximate surface area is 174 Å². The summed E-state index contributed by atoms with van der Waals surface area (Å²) in [5, 5.41) is 12.3. The maximum absolute atomic E-state index is 12.9. The average molecular weight is 433 g/mol. The van der Waals surface area contributed by atoms with Crippen LogP contribution in [-0.4, -0.2) is 27.6 Å². The molecule has 0 saturated heterocycles. The zero-order valence-electron chi connectivity index (χ0n) is 15.0. The normalized spacial score (nSPS) is 11.4. The van der Waals surface area contributed by atoms with Crippen LogP contribution >= 0.6 is 34.9 Å². The summed E-state index contributed by atoms with van der Waals surface area (Å²) in [6.45, 7) is 1.75. The van der Waals surface area contributed by atoms with Crippen LogP contribution in [0.2, 0.25) is 0 Å². The van der Waals surface area contributed by atoms with Crippen molar-refractivity contribution in [2.45, 2.75) is 21.4 Å². The molecule has 0 saturated carbocycles. The SMILES string of the molecule is CC(=NNC(=O)CSc1nnc(SCc2ccccc2)s1)c1ccc(F)cc1. The number of thioether (sulfide) groups is 2. The Morgan fingerprint density at radius 3 is 2.46 bits per heavy atom. The second kappa shape index (κ2) is 10.4. The van der Waals surface area contributed by atoms with Gasteiger partial charge in [-0.1, -0.05) is 77.3 Å². The first kappa shape index (κ1) is 20.5. The highest BCUT2D eigenvalue weighted by atomic mass is 32.2. The second-order valence-corrected chi connectivity index (χ2v) is 9.06. The van der Waals surface area contributed by atoms with E-state index in [4.69, 9.17) is 0 Å². The molecule has 3 rings (SSSR count). The molecule has 3 aromatic rings. The van der Waals surface area contributed by atoms with E-state index in [0.717, 1.165) is 20.0 Å². The van der Waals surface area contributed by atoms with E-state index in [1.54, 1.807) is 30.8 Å². The molecule has 2 aromatic carbocycles. The van der Waals surface area contributed by atoms with Gasteiger partial charge in [0.15, 0.2) is 8.68 Å². The lowest BCUT2D eigenvalue weighted by molar-refractivity contribution is -0.118. The summed E-state index contributed by atoms with van der Waals surface area (Å²) in [7, 11) is 0. The number of nitrogens with zero attached hydrogens (tertiary/aromatic N) is 3. The van der Waals surface area contributed by atoms with Gasteiger partial charge in [-0.25, -0.2) is 9.82 Å². The molecule has 0 aliphatic rings. The maximum Gasteiger partial charge on any atom is 0.250 e. The molecule has 1 aromatic heterocycles. The van der Waals surface area contributed by atoms with Gasteiger partial charge in [0, 0.05) is 5.75 Å². The number of amides is 1. The quantitative estimate of drug-likeness (QED) is 0.320. The van der Waals surface area contributed by atoms with Crippen LogP contribution in [0.5, 0.6) is 0 Å². The van der Waals surface area contributed by atoms with Crippen molar-refractivity contribution < 1.29 is 9.18 Å². The van der Waals surface area contributed by atoms with Crippen molar-refractivity contribution in [1.82, 2.24) is 15.6 Å². The number of hydrogen-bond acceptors (Lipinski definition) is 7. The van der Waals surface area contributed by atoms with E-state index in [-0.39, 0.29) is 17.5 Å². The van der Waals surface area contributed by atoms with Crippen molar-refractivity contribution in [2.75, 3.05) is 5.75 Å². The number of benzene rings is 2. The van der Waals surface area contributed by atoms with Gasteiger partial charge in [0.25, 0.3) is 5.91 Å². The monoisotopic (exact) mass is 432 g/mol. The fraction of sp³-hybridized carbons (Fsp3) is 0.158. The Hall–Kier alpha value is -2.23. The van der Waals surface area contributed by atoms with Gasteiger partial charge in [0.2, 0.25) is 0 Å². The van der Waals surface area contributed by atoms with Crippen LogP contribution in [-0.2, 0) is 10.5 Å². The number of carbonyl (C=O) groups excluding carboxylic acids is 1. The van der Waals surface area contributed by atoms with Crippen molar-refractivity contribution in [3.05, 3.63) is 71.5 Å². The summed E-state index contributed by atoms with van der Waals surface area (Å²) in [4.78, 5) is 12.0. The van der Waals surface area contributed by atoms with Gasteiger partial charge in [-0.3, -0.25) is 4.79 Å². The highest BCUT2D eigenvalue weighted by Gasteiger charge is 2.09. The summed E-state index contributed by atoms with van der Waals surface area (Å²) < 4.78 is 14.6. The van der Waals surface area contributed by atoms with Gasteiger partial charge in [-0.15, -0.1) is 10.2 Å². The fourth-order valence-electron chi connectivity index (χ4n) is 2.09. The minimum Gasteiger partial charge on any atom is -0.272 e. The Kier molecular flexibility index (Phi) is 7.58. The standard InChI is InChI=1S/C19H17FN4OS3/c1-13(15-7-9-16(20)10-8-15)21-22-17(25)12-27-19-24-23-18(28-19)26-11-14-5-3-2-4-6-14/h2-10H,11-12H2,1H3,(H,22,25). The largest absolute Gasteiger partial charge is 0.272 e. The van der Waals surface area contributed by atoms with Crippen molar-refractivity contribution in [3.8, 4) is 0 Å². The van der Waals surface area contributed by atoms with E-state index < -0.39 is 0 Å². The topological polar surface area (TPSA) is 67.2 Å². The van der Waals surface area contributed by atoms with Crippen LogP contribution in [0.4, 0.5) is 4.39 Å². The number of aromatic nitrogens is 2. The molecule has 0 atom stereocenters. The van der Waals surface area contributed by atoms with E-state index in [9.17, 15) is 9.18 Å². The third-order valence-corrected chi connectivity index (χ3v) is 6.79. The van der Waals surface area contributed by atoms with Crippen LogP contribution in [0.15, 0.2) is 68.4 Å². The first-order valence-corrected chi connectivity index (χ1v) is 11.1. The molecule has 0 aliphatic carbocycles. The molecule has 1 N–H and O–H groups in total. The molecule has 0 radical (unpaired) electrons. The van der Waals surface area contributed by atoms with E-state index in [2.05, 4.69) is 32.9 Å². The van der Waals surface area contributed by atoms with Crippen molar-refractivity contribution in [2.24, 2.45) is 5.10 Å². The zero-order valence-corrected chi connectivity index (χ0v) is 17.4. The van der Waals surface area contributed by atoms with E-state index in [1.807, 2.05) is 18.2 Å². The molecule has 1 heterocycles. The zero-order chi connectivity index (χ0) is 19.8. The number of halogens is 1. The molecule has 144 valence electrons. The van der Waals surface area contributed by atoms with Gasteiger partial charge in [0.05, 0.1) is 11.5 Å². The minimum atomic E-state index is -0.310.